The lowest BCUT2D eigenvalue weighted by Gasteiger charge is -2.43. The average Bonchev–Trinajstić information content (AvgIpc) is 3.70. The van der Waals surface area contributed by atoms with Crippen molar-refractivity contribution in [3.05, 3.63) is 132 Å². The van der Waals surface area contributed by atoms with E-state index < -0.39 is 0 Å². The summed E-state index contributed by atoms with van der Waals surface area (Å²) >= 11 is 0. The fraction of sp³-hybridized carbons (Fsp3) is 0.586. The molecule has 324 valence electrons. The summed E-state index contributed by atoms with van der Waals surface area (Å²) in [6.45, 7) is 11.1. The summed E-state index contributed by atoms with van der Waals surface area (Å²) in [6, 6.07) is 0.870. The van der Waals surface area contributed by atoms with Crippen LogP contribution in [-0.2, 0) is 0 Å². The van der Waals surface area contributed by atoms with Crippen LogP contribution in [0.4, 0.5) is 0 Å². The molecule has 17 atom stereocenters. The highest BCUT2D eigenvalue weighted by Gasteiger charge is 2.42. The zero-order valence-corrected chi connectivity index (χ0v) is 38.0. The molecule has 0 aromatic carbocycles. The normalized spacial score (nSPS) is 45.7. The van der Waals surface area contributed by atoms with Gasteiger partial charge in [-0.1, -0.05) is 148 Å². The lowest BCUT2D eigenvalue weighted by Crippen LogP contribution is -2.50. The first-order valence-electron chi connectivity index (χ1n) is 25.1. The smallest absolute Gasteiger partial charge is 0.0568 e. The molecule has 0 aromatic rings. The summed E-state index contributed by atoms with van der Waals surface area (Å²) in [7, 11) is 0. The summed E-state index contributed by atoms with van der Waals surface area (Å²) in [4.78, 5) is 5.28. The molecule has 0 saturated heterocycles. The van der Waals surface area contributed by atoms with Gasteiger partial charge in [0.15, 0.2) is 0 Å². The number of nitrogens with zero attached hydrogens (tertiary/aromatic N) is 1. The molecule has 0 spiro atoms. The van der Waals surface area contributed by atoms with Crippen molar-refractivity contribution in [1.29, 1.82) is 5.41 Å². The van der Waals surface area contributed by atoms with Crippen molar-refractivity contribution in [3.8, 4) is 0 Å². The third-order valence-corrected chi connectivity index (χ3v) is 17.6. The Bertz CT molecular complexity index is 1960. The van der Waals surface area contributed by atoms with E-state index in [2.05, 4.69) is 149 Å². The van der Waals surface area contributed by atoms with Crippen LogP contribution < -0.4 is 5.32 Å². The van der Waals surface area contributed by atoms with Gasteiger partial charge in [-0.05, 0) is 154 Å². The molecule has 0 aromatic heterocycles. The molecule has 0 radical (unpaired) electrons. The second-order valence-corrected chi connectivity index (χ2v) is 21.3. The molecule has 3 heteroatoms. The van der Waals surface area contributed by atoms with Gasteiger partial charge in [0, 0.05) is 48.5 Å². The number of hydrogen-bond donors (Lipinski definition) is 2. The van der Waals surface area contributed by atoms with Crippen molar-refractivity contribution < 1.29 is 0 Å². The largest absolute Gasteiger partial charge is 0.307 e. The summed E-state index contributed by atoms with van der Waals surface area (Å²) < 4.78 is 0. The van der Waals surface area contributed by atoms with Gasteiger partial charge in [0.05, 0.1) is 5.71 Å². The van der Waals surface area contributed by atoms with Crippen LogP contribution in [-0.4, -0.2) is 30.6 Å². The van der Waals surface area contributed by atoms with E-state index >= 15 is 0 Å². The number of hydrogen-bond acceptors (Lipinski definition) is 3. The van der Waals surface area contributed by atoms with Crippen molar-refractivity contribution in [2.24, 2.45) is 93.8 Å². The Morgan fingerprint density at radius 3 is 2.36 bits per heavy atom. The van der Waals surface area contributed by atoms with Gasteiger partial charge in [-0.15, -0.1) is 0 Å². The van der Waals surface area contributed by atoms with Crippen LogP contribution in [0.3, 0.4) is 0 Å². The molecular formula is C58H77N3. The monoisotopic (exact) mass is 816 g/mol. The van der Waals surface area contributed by atoms with Crippen molar-refractivity contribution in [2.45, 2.75) is 117 Å². The topological polar surface area (TPSA) is 48.2 Å². The molecular weight excluding hydrogens is 739 g/mol. The van der Waals surface area contributed by atoms with E-state index in [4.69, 9.17) is 10.4 Å². The van der Waals surface area contributed by atoms with Gasteiger partial charge in [-0.2, -0.15) is 0 Å². The fourth-order valence-corrected chi connectivity index (χ4v) is 13.7. The molecule has 9 aliphatic rings. The Balaban J connectivity index is 0.867. The minimum Gasteiger partial charge on any atom is -0.307 e. The van der Waals surface area contributed by atoms with Crippen LogP contribution in [0.5, 0.6) is 0 Å². The van der Waals surface area contributed by atoms with Crippen LogP contribution in [0, 0.1) is 94.2 Å². The zero-order valence-electron chi connectivity index (χ0n) is 38.0. The van der Waals surface area contributed by atoms with Crippen LogP contribution in [0.15, 0.2) is 137 Å². The molecule has 12 unspecified atom stereocenters. The van der Waals surface area contributed by atoms with Gasteiger partial charge in [0.2, 0.25) is 0 Å². The van der Waals surface area contributed by atoms with E-state index in [-0.39, 0.29) is 0 Å². The van der Waals surface area contributed by atoms with Crippen molar-refractivity contribution >= 4 is 11.9 Å². The first-order valence-corrected chi connectivity index (χ1v) is 25.1. The van der Waals surface area contributed by atoms with Crippen LogP contribution in [0.2, 0.25) is 0 Å². The summed E-state index contributed by atoms with van der Waals surface area (Å²) in [5.41, 5.74) is 5.31. The van der Waals surface area contributed by atoms with Crippen molar-refractivity contribution in [1.82, 2.24) is 5.32 Å². The molecule has 0 amide bonds. The number of allylic oxidation sites excluding steroid dienone is 19. The standard InChI is InChI=1S/C58H77N3/c1-38-32-43(34-47-16-7-10-20-52(47)53-21-11-12-23-55(53)59)14-5-8-18-50(40(38)3)49-30-29-48(36-60-37-49)46-28-27-45-26-24-42-25-31-56(54-22-13-17-44-15-6-9-19-51(44)54)61-57(35-42)58(45)41(4)39(2)33-46/h5,7-9,12-13,16-17,19,22-31,37-43,45-51,54,56-59,61H,6,10-11,14-15,18,20-21,32-36H2,1-4H3/b8-5+,28-27-,53-52-,59-55?/t38-,39-,40+,41?,42?,43?,45?,46?,47?,48?,49?,50-,51?,54?,56?,57?,58+/m1/s1. The maximum atomic E-state index is 8.69. The molecule has 2 bridgehead atoms. The maximum Gasteiger partial charge on any atom is 0.0568 e. The molecule has 2 N–H and O–H groups in total. The van der Waals surface area contributed by atoms with Crippen LogP contribution >= 0.6 is 0 Å². The van der Waals surface area contributed by atoms with E-state index in [1.54, 1.807) is 11.1 Å². The molecule has 2 aliphatic heterocycles. The van der Waals surface area contributed by atoms with E-state index in [0.717, 1.165) is 44.4 Å². The van der Waals surface area contributed by atoms with Gasteiger partial charge >= 0.3 is 0 Å². The highest BCUT2D eigenvalue weighted by Crippen LogP contribution is 2.46. The zero-order chi connectivity index (χ0) is 41.9. The van der Waals surface area contributed by atoms with E-state index in [1.807, 2.05) is 6.08 Å². The van der Waals surface area contributed by atoms with Gasteiger partial charge in [-0.3, -0.25) is 4.99 Å². The Kier molecular flexibility index (Phi) is 13.6. The van der Waals surface area contributed by atoms with Gasteiger partial charge in [0.25, 0.3) is 0 Å². The molecule has 61 heavy (non-hydrogen) atoms. The maximum absolute atomic E-state index is 8.69. The molecule has 2 heterocycles. The summed E-state index contributed by atoms with van der Waals surface area (Å²) in [6.07, 6.45) is 63.5. The Hall–Kier alpha value is -3.56. The highest BCUT2D eigenvalue weighted by atomic mass is 15.0. The molecule has 9 rings (SSSR count). The second-order valence-electron chi connectivity index (χ2n) is 21.3. The number of rotatable bonds is 5. The first kappa shape index (κ1) is 42.7. The first-order chi connectivity index (χ1) is 29.8. The van der Waals surface area contributed by atoms with Crippen molar-refractivity contribution in [2.75, 3.05) is 6.54 Å². The van der Waals surface area contributed by atoms with Gasteiger partial charge in [0.1, 0.15) is 0 Å². The quantitative estimate of drug-likeness (QED) is 0.267. The second kappa shape index (κ2) is 19.5. The number of fused-ring (bicyclic) bond motifs is 5. The third-order valence-electron chi connectivity index (χ3n) is 17.6. The van der Waals surface area contributed by atoms with E-state index in [9.17, 15) is 0 Å². The fourth-order valence-electron chi connectivity index (χ4n) is 13.7. The van der Waals surface area contributed by atoms with Gasteiger partial charge < -0.3 is 10.7 Å². The number of nitrogens with one attached hydrogen (secondary N) is 2. The Morgan fingerprint density at radius 2 is 1.46 bits per heavy atom. The molecule has 3 nitrogen and oxygen atoms in total. The van der Waals surface area contributed by atoms with Gasteiger partial charge in [-0.25, -0.2) is 0 Å². The predicted molar refractivity (Wildman–Crippen MR) is 260 cm³/mol. The minimum atomic E-state index is 0.373. The van der Waals surface area contributed by atoms with Crippen LogP contribution in [0.1, 0.15) is 105 Å². The molecule has 0 saturated carbocycles. The van der Waals surface area contributed by atoms with E-state index in [0.29, 0.717) is 101 Å². The lowest BCUT2D eigenvalue weighted by atomic mass is 9.66. The predicted octanol–water partition coefficient (Wildman–Crippen LogP) is 13.8. The minimum absolute atomic E-state index is 0.373. The summed E-state index contributed by atoms with van der Waals surface area (Å²) in [5.74, 6) is 8.23. The molecule has 0 fully saturated rings. The number of aliphatic imine (C=N–C) groups is 1. The Morgan fingerprint density at radius 1 is 0.689 bits per heavy atom. The highest BCUT2D eigenvalue weighted by molar-refractivity contribution is 6.07. The average molecular weight is 816 g/mol. The lowest BCUT2D eigenvalue weighted by molar-refractivity contribution is 0.139. The third kappa shape index (κ3) is 9.54. The summed E-state index contributed by atoms with van der Waals surface area (Å²) in [5, 5.41) is 13.0. The molecule has 7 aliphatic carbocycles. The van der Waals surface area contributed by atoms with Crippen LogP contribution in [0.25, 0.3) is 0 Å². The SMILES string of the molecule is CC1[C@H]2C(C=CC3C=CC(C4C=CC=C5CCC=CC54)NC2C3)/C=C\C(C2C=CC([C@@H]3C/C=C/CC(CC4C=CCC/C4=C4\CCC=CC4=N)C[C@@H](C)[C@@H]3C)C=NC2)C[C@H]1C. The van der Waals surface area contributed by atoms with Crippen molar-refractivity contribution in [3.63, 3.8) is 0 Å². The van der Waals surface area contributed by atoms with E-state index in [1.165, 1.54) is 50.5 Å². The Labute approximate surface area is 370 Å².